The molecule has 0 bridgehead atoms. The molecule has 1 fully saturated rings. The van der Waals surface area contributed by atoms with Crippen LogP contribution >= 0.6 is 0 Å². The molecule has 1 heterocycles. The van der Waals surface area contributed by atoms with Gasteiger partial charge in [0.2, 0.25) is 5.91 Å². The molecule has 0 aliphatic carbocycles. The fourth-order valence-electron chi connectivity index (χ4n) is 2.52. The van der Waals surface area contributed by atoms with E-state index in [-0.39, 0.29) is 5.91 Å². The molecular weight excluding hydrogens is 266 g/mol. The van der Waals surface area contributed by atoms with Gasteiger partial charge in [0.25, 0.3) is 0 Å². The van der Waals surface area contributed by atoms with Gasteiger partial charge in [0, 0.05) is 38.3 Å². The summed E-state index contributed by atoms with van der Waals surface area (Å²) < 4.78 is 0. The number of benzene rings is 1. The van der Waals surface area contributed by atoms with Crippen molar-refractivity contribution in [2.45, 2.75) is 38.3 Å². The Bertz CT molecular complexity index is 478. The highest BCUT2D eigenvalue weighted by Crippen LogP contribution is 2.21. The zero-order chi connectivity index (χ0) is 15.3. The third-order valence-corrected chi connectivity index (χ3v) is 4.03. The van der Waals surface area contributed by atoms with Crippen molar-refractivity contribution in [2.24, 2.45) is 5.73 Å². The summed E-state index contributed by atoms with van der Waals surface area (Å²) in [5.74, 6) is 0.0153. The summed E-state index contributed by atoms with van der Waals surface area (Å²) in [5.41, 5.74) is 6.85. The zero-order valence-electron chi connectivity index (χ0n) is 12.6. The van der Waals surface area contributed by atoms with Crippen molar-refractivity contribution in [3.05, 3.63) is 29.8 Å². The molecule has 1 aliphatic heterocycles. The number of piperidine rings is 1. The fraction of sp³-hybridized carbons (Fsp3) is 0.562. The Hall–Kier alpha value is -1.43. The molecule has 116 valence electrons. The van der Waals surface area contributed by atoms with Gasteiger partial charge in [-0.05, 0) is 37.5 Å². The number of likely N-dealkylation sites (tertiary alicyclic amines) is 1. The van der Waals surface area contributed by atoms with Crippen LogP contribution in [0.5, 0.6) is 0 Å². The van der Waals surface area contributed by atoms with Crippen LogP contribution in [0.4, 0.5) is 5.69 Å². The van der Waals surface area contributed by atoms with Gasteiger partial charge in [-0.25, -0.2) is 0 Å². The number of aliphatic hydroxyl groups is 1. The number of nitrogens with zero attached hydrogens (tertiary/aromatic N) is 1. The number of anilines is 1. The maximum absolute atomic E-state index is 12.0. The lowest BCUT2D eigenvalue weighted by atomic mass is 9.94. The van der Waals surface area contributed by atoms with E-state index in [1.807, 2.05) is 31.2 Å². The summed E-state index contributed by atoms with van der Waals surface area (Å²) in [6.07, 6.45) is 2.01. The highest BCUT2D eigenvalue weighted by atomic mass is 16.3. The molecule has 5 nitrogen and oxygen atoms in total. The van der Waals surface area contributed by atoms with Crippen molar-refractivity contribution in [2.75, 3.05) is 25.0 Å². The van der Waals surface area contributed by atoms with Gasteiger partial charge in [0.05, 0.1) is 5.60 Å². The molecule has 0 saturated carbocycles. The SMILES string of the molecule is CC1(O)CCN(CCC(=O)Nc2cccc(CN)c2)CC1. The summed E-state index contributed by atoms with van der Waals surface area (Å²) in [6.45, 7) is 4.78. The van der Waals surface area contributed by atoms with E-state index in [9.17, 15) is 9.90 Å². The molecule has 1 amide bonds. The largest absolute Gasteiger partial charge is 0.390 e. The van der Waals surface area contributed by atoms with Gasteiger partial charge < -0.3 is 21.1 Å². The minimum Gasteiger partial charge on any atom is -0.390 e. The number of amides is 1. The van der Waals surface area contributed by atoms with E-state index in [0.29, 0.717) is 13.0 Å². The third-order valence-electron chi connectivity index (χ3n) is 4.03. The summed E-state index contributed by atoms with van der Waals surface area (Å²) in [6, 6.07) is 7.60. The Morgan fingerprint density at radius 1 is 1.43 bits per heavy atom. The number of carbonyl (C=O) groups is 1. The van der Waals surface area contributed by atoms with E-state index < -0.39 is 5.60 Å². The van der Waals surface area contributed by atoms with Gasteiger partial charge in [0.1, 0.15) is 0 Å². The topological polar surface area (TPSA) is 78.6 Å². The zero-order valence-corrected chi connectivity index (χ0v) is 12.6. The van der Waals surface area contributed by atoms with E-state index in [2.05, 4.69) is 10.2 Å². The first-order valence-corrected chi connectivity index (χ1v) is 7.52. The average molecular weight is 291 g/mol. The Morgan fingerprint density at radius 2 is 2.14 bits per heavy atom. The van der Waals surface area contributed by atoms with Crippen molar-refractivity contribution in [1.29, 1.82) is 0 Å². The molecule has 1 aromatic rings. The summed E-state index contributed by atoms with van der Waals surface area (Å²) in [4.78, 5) is 14.2. The Labute approximate surface area is 126 Å². The maximum atomic E-state index is 12.0. The molecule has 0 atom stereocenters. The Kier molecular flexibility index (Phi) is 5.33. The van der Waals surface area contributed by atoms with Gasteiger partial charge >= 0.3 is 0 Å². The van der Waals surface area contributed by atoms with Crippen LogP contribution in [0.3, 0.4) is 0 Å². The second-order valence-electron chi connectivity index (χ2n) is 6.04. The predicted octanol–water partition coefficient (Wildman–Crippen LogP) is 1.32. The van der Waals surface area contributed by atoms with E-state index in [4.69, 9.17) is 5.73 Å². The molecule has 0 aromatic heterocycles. The molecule has 4 N–H and O–H groups in total. The second-order valence-corrected chi connectivity index (χ2v) is 6.04. The number of hydrogen-bond donors (Lipinski definition) is 3. The first-order chi connectivity index (χ1) is 9.98. The van der Waals surface area contributed by atoms with Crippen molar-refractivity contribution < 1.29 is 9.90 Å². The summed E-state index contributed by atoms with van der Waals surface area (Å²) in [5, 5.41) is 12.8. The fourth-order valence-corrected chi connectivity index (χ4v) is 2.52. The van der Waals surface area contributed by atoms with Gasteiger partial charge in [-0.2, -0.15) is 0 Å². The molecule has 1 aromatic carbocycles. The van der Waals surface area contributed by atoms with Crippen LogP contribution in [0.15, 0.2) is 24.3 Å². The molecule has 1 aliphatic rings. The minimum atomic E-state index is -0.540. The number of hydrogen-bond acceptors (Lipinski definition) is 4. The minimum absolute atomic E-state index is 0.0153. The van der Waals surface area contributed by atoms with Crippen molar-refractivity contribution in [3.63, 3.8) is 0 Å². The lowest BCUT2D eigenvalue weighted by Crippen LogP contribution is -2.43. The van der Waals surface area contributed by atoms with E-state index in [1.54, 1.807) is 0 Å². The standard InChI is InChI=1S/C16H25N3O2/c1-16(21)6-9-19(10-7-16)8-5-15(20)18-14-4-2-3-13(11-14)12-17/h2-4,11,21H,5-10,12,17H2,1H3,(H,18,20). The second kappa shape index (κ2) is 7.02. The van der Waals surface area contributed by atoms with E-state index >= 15 is 0 Å². The Balaban J connectivity index is 1.75. The lowest BCUT2D eigenvalue weighted by Gasteiger charge is -2.35. The molecular formula is C16H25N3O2. The molecule has 21 heavy (non-hydrogen) atoms. The van der Waals surface area contributed by atoms with Crippen molar-refractivity contribution in [3.8, 4) is 0 Å². The van der Waals surface area contributed by atoms with Gasteiger partial charge in [-0.15, -0.1) is 0 Å². The number of rotatable bonds is 5. The normalized spacial score (nSPS) is 18.4. The van der Waals surface area contributed by atoms with Gasteiger partial charge in [0.15, 0.2) is 0 Å². The third kappa shape index (κ3) is 5.12. The monoisotopic (exact) mass is 291 g/mol. The van der Waals surface area contributed by atoms with Crippen LogP contribution in [0, 0.1) is 0 Å². The lowest BCUT2D eigenvalue weighted by molar-refractivity contribution is -0.116. The van der Waals surface area contributed by atoms with E-state index in [1.165, 1.54) is 0 Å². The first-order valence-electron chi connectivity index (χ1n) is 7.52. The maximum Gasteiger partial charge on any atom is 0.225 e. The number of nitrogens with one attached hydrogen (secondary N) is 1. The summed E-state index contributed by atoms with van der Waals surface area (Å²) in [7, 11) is 0. The van der Waals surface area contributed by atoms with Crippen molar-refractivity contribution in [1.82, 2.24) is 4.90 Å². The molecule has 0 spiro atoms. The van der Waals surface area contributed by atoms with Crippen LogP contribution in [-0.4, -0.2) is 41.1 Å². The van der Waals surface area contributed by atoms with Crippen LogP contribution < -0.4 is 11.1 Å². The molecule has 0 radical (unpaired) electrons. The summed E-state index contributed by atoms with van der Waals surface area (Å²) >= 11 is 0. The van der Waals surface area contributed by atoms with Crippen molar-refractivity contribution >= 4 is 11.6 Å². The number of carbonyl (C=O) groups excluding carboxylic acids is 1. The average Bonchev–Trinajstić information content (AvgIpc) is 2.46. The highest BCUT2D eigenvalue weighted by Gasteiger charge is 2.27. The van der Waals surface area contributed by atoms with Crippen LogP contribution in [0.25, 0.3) is 0 Å². The molecule has 2 rings (SSSR count). The Morgan fingerprint density at radius 3 is 2.81 bits per heavy atom. The first kappa shape index (κ1) is 15.9. The molecule has 0 unspecified atom stereocenters. The quantitative estimate of drug-likeness (QED) is 0.764. The van der Waals surface area contributed by atoms with Gasteiger partial charge in [-0.1, -0.05) is 12.1 Å². The van der Waals surface area contributed by atoms with Gasteiger partial charge in [-0.3, -0.25) is 4.79 Å². The molecule has 1 saturated heterocycles. The van der Waals surface area contributed by atoms with Crippen LogP contribution in [-0.2, 0) is 11.3 Å². The highest BCUT2D eigenvalue weighted by molar-refractivity contribution is 5.90. The van der Waals surface area contributed by atoms with Crippen LogP contribution in [0.2, 0.25) is 0 Å². The predicted molar refractivity (Wildman–Crippen MR) is 83.9 cm³/mol. The van der Waals surface area contributed by atoms with Crippen LogP contribution in [0.1, 0.15) is 31.7 Å². The molecule has 5 heteroatoms. The van der Waals surface area contributed by atoms with E-state index in [0.717, 1.165) is 43.7 Å². The number of nitrogens with two attached hydrogens (primary N) is 1. The smallest absolute Gasteiger partial charge is 0.225 e.